The highest BCUT2D eigenvalue weighted by atomic mass is 35.5. The van der Waals surface area contributed by atoms with E-state index >= 15 is 0 Å². The molecule has 8 heteroatoms. The van der Waals surface area contributed by atoms with Crippen LogP contribution in [0, 0.1) is 5.82 Å². The first kappa shape index (κ1) is 19.3. The van der Waals surface area contributed by atoms with Gasteiger partial charge in [0, 0.05) is 31.0 Å². The van der Waals surface area contributed by atoms with E-state index in [4.69, 9.17) is 16.3 Å². The van der Waals surface area contributed by atoms with Gasteiger partial charge >= 0.3 is 0 Å². The Morgan fingerprint density at radius 2 is 2.00 bits per heavy atom. The van der Waals surface area contributed by atoms with Gasteiger partial charge in [0.15, 0.2) is 11.8 Å². The highest BCUT2D eigenvalue weighted by Gasteiger charge is 2.31. The number of pyridine rings is 1. The van der Waals surface area contributed by atoms with E-state index in [1.807, 2.05) is 0 Å². The van der Waals surface area contributed by atoms with Gasteiger partial charge in [-0.1, -0.05) is 11.6 Å². The third-order valence-corrected chi connectivity index (χ3v) is 4.56. The number of nitrogens with zero attached hydrogens (tertiary/aromatic N) is 1. The van der Waals surface area contributed by atoms with E-state index in [-0.39, 0.29) is 23.2 Å². The molecule has 0 unspecified atom stereocenters. The lowest BCUT2D eigenvalue weighted by Crippen LogP contribution is -2.43. The van der Waals surface area contributed by atoms with Crippen LogP contribution in [0.25, 0.3) is 0 Å². The van der Waals surface area contributed by atoms with Crippen LogP contribution in [0.4, 0.5) is 4.39 Å². The van der Waals surface area contributed by atoms with Gasteiger partial charge in [0.05, 0.1) is 11.1 Å². The van der Waals surface area contributed by atoms with Crippen molar-refractivity contribution in [3.8, 4) is 0 Å². The van der Waals surface area contributed by atoms with Gasteiger partial charge in [-0.15, -0.1) is 0 Å². The van der Waals surface area contributed by atoms with Crippen molar-refractivity contribution in [3.05, 3.63) is 69.4 Å². The minimum atomic E-state index is -1.46. The number of nitrogens with one attached hydrogen (secondary N) is 1. The largest absolute Gasteiger partial charge is 0.376 e. The van der Waals surface area contributed by atoms with Gasteiger partial charge in [-0.2, -0.15) is 0 Å². The van der Waals surface area contributed by atoms with E-state index in [9.17, 15) is 18.8 Å². The number of ether oxygens (including phenoxy) is 1. The van der Waals surface area contributed by atoms with E-state index in [0.717, 1.165) is 29.5 Å². The number of benzene rings is 1. The van der Waals surface area contributed by atoms with Crippen molar-refractivity contribution in [1.82, 2.24) is 9.88 Å². The predicted octanol–water partition coefficient (Wildman–Crippen LogP) is 2.36. The Kier molecular flexibility index (Phi) is 6.03. The van der Waals surface area contributed by atoms with Crippen LogP contribution in [0.5, 0.6) is 0 Å². The van der Waals surface area contributed by atoms with Gasteiger partial charge in [0.1, 0.15) is 5.82 Å². The minimum Gasteiger partial charge on any atom is -0.376 e. The summed E-state index contributed by atoms with van der Waals surface area (Å²) in [6.07, 6.45) is 2.84. The van der Waals surface area contributed by atoms with Crippen LogP contribution in [0.1, 0.15) is 29.2 Å². The van der Waals surface area contributed by atoms with E-state index in [1.165, 1.54) is 30.5 Å². The molecule has 0 aliphatic carbocycles. The second-order valence-electron chi connectivity index (χ2n) is 6.25. The molecule has 1 aliphatic rings. The molecule has 1 N–H and O–H groups in total. The summed E-state index contributed by atoms with van der Waals surface area (Å²) in [5.41, 5.74) is -0.437. The van der Waals surface area contributed by atoms with Gasteiger partial charge in [-0.05, 0) is 43.2 Å². The smallest absolute Gasteiger partial charge is 0.251 e. The first-order valence-corrected chi connectivity index (χ1v) is 8.90. The Bertz CT molecular complexity index is 891. The Morgan fingerprint density at radius 3 is 2.67 bits per heavy atom. The van der Waals surface area contributed by atoms with Crippen LogP contribution < -0.4 is 10.9 Å². The fraction of sp³-hybridized carbons (Fsp3) is 0.316. The second-order valence-corrected chi connectivity index (χ2v) is 6.68. The van der Waals surface area contributed by atoms with Crippen molar-refractivity contribution in [1.29, 1.82) is 0 Å². The van der Waals surface area contributed by atoms with Crippen LogP contribution in [0.3, 0.4) is 0 Å². The summed E-state index contributed by atoms with van der Waals surface area (Å²) >= 11 is 5.95. The number of amides is 1. The average molecular weight is 393 g/mol. The van der Waals surface area contributed by atoms with Crippen molar-refractivity contribution in [3.63, 3.8) is 0 Å². The highest BCUT2D eigenvalue weighted by Crippen LogP contribution is 2.17. The number of hydrogen-bond acceptors (Lipinski definition) is 4. The molecule has 6 nitrogen and oxygen atoms in total. The van der Waals surface area contributed by atoms with Crippen molar-refractivity contribution < 1.29 is 18.7 Å². The third-order valence-electron chi connectivity index (χ3n) is 4.33. The number of ketones is 1. The van der Waals surface area contributed by atoms with Crippen LogP contribution in [-0.4, -0.2) is 35.5 Å². The molecule has 3 rings (SSSR count). The fourth-order valence-corrected chi connectivity index (χ4v) is 3.11. The molecule has 1 aromatic carbocycles. The zero-order valence-electron chi connectivity index (χ0n) is 14.4. The van der Waals surface area contributed by atoms with Crippen LogP contribution >= 0.6 is 11.6 Å². The molecular formula is C19H18ClFN2O4. The molecule has 0 saturated carbocycles. The Morgan fingerprint density at radius 1 is 1.26 bits per heavy atom. The zero-order chi connectivity index (χ0) is 19.4. The lowest BCUT2D eigenvalue weighted by atomic mass is 10.0. The predicted molar refractivity (Wildman–Crippen MR) is 97.5 cm³/mol. The first-order chi connectivity index (χ1) is 13.0. The lowest BCUT2D eigenvalue weighted by molar-refractivity contribution is -0.123. The molecule has 1 aromatic heterocycles. The summed E-state index contributed by atoms with van der Waals surface area (Å²) in [7, 11) is 0. The Balaban J connectivity index is 1.91. The SMILES string of the molecule is O=C(NC[C@H]1CCCO1)[C@@H](C(=O)c1ccc(F)cc1)n1cc(Cl)ccc1=O. The molecule has 1 amide bonds. The van der Waals surface area contributed by atoms with Gasteiger partial charge in [-0.25, -0.2) is 4.39 Å². The molecule has 27 heavy (non-hydrogen) atoms. The van der Waals surface area contributed by atoms with Gasteiger partial charge in [-0.3, -0.25) is 19.0 Å². The zero-order valence-corrected chi connectivity index (χ0v) is 15.1. The van der Waals surface area contributed by atoms with Crippen molar-refractivity contribution in [2.75, 3.05) is 13.2 Å². The highest BCUT2D eigenvalue weighted by molar-refractivity contribution is 6.30. The van der Waals surface area contributed by atoms with Gasteiger partial charge in [0.2, 0.25) is 0 Å². The first-order valence-electron chi connectivity index (χ1n) is 8.52. The molecule has 1 aliphatic heterocycles. The number of carbonyl (C=O) groups is 2. The average Bonchev–Trinajstić information content (AvgIpc) is 3.17. The molecule has 0 radical (unpaired) electrons. The molecule has 2 heterocycles. The monoisotopic (exact) mass is 392 g/mol. The van der Waals surface area contributed by atoms with Crippen LogP contribution in [0.2, 0.25) is 5.02 Å². The maximum atomic E-state index is 13.2. The van der Waals surface area contributed by atoms with E-state index < -0.39 is 29.1 Å². The molecular weight excluding hydrogens is 375 g/mol. The normalized spacial score (nSPS) is 17.5. The number of halogens is 2. The molecule has 2 atom stereocenters. The number of hydrogen-bond donors (Lipinski definition) is 1. The lowest BCUT2D eigenvalue weighted by Gasteiger charge is -2.20. The maximum absolute atomic E-state index is 13.2. The standard InChI is InChI=1S/C19H18ClFN2O4/c20-13-5-8-16(24)23(11-13)17(18(25)12-3-6-14(21)7-4-12)19(26)22-10-15-2-1-9-27-15/h3-8,11,15,17H,1-2,9-10H2,(H,22,26)/t15-,17-/m1/s1. The summed E-state index contributed by atoms with van der Waals surface area (Å²) in [5, 5.41) is 2.88. The number of aromatic nitrogens is 1. The van der Waals surface area contributed by atoms with Crippen molar-refractivity contribution in [2.45, 2.75) is 25.0 Å². The summed E-state index contributed by atoms with van der Waals surface area (Å²) < 4.78 is 19.6. The molecule has 2 aromatic rings. The molecule has 142 valence electrons. The molecule has 1 saturated heterocycles. The summed E-state index contributed by atoms with van der Waals surface area (Å²) in [5.74, 6) is -1.79. The van der Waals surface area contributed by atoms with Crippen molar-refractivity contribution in [2.24, 2.45) is 0 Å². The van der Waals surface area contributed by atoms with Crippen LogP contribution in [0.15, 0.2) is 47.4 Å². The summed E-state index contributed by atoms with van der Waals surface area (Å²) in [6.45, 7) is 0.869. The second kappa shape index (κ2) is 8.45. The van der Waals surface area contributed by atoms with Gasteiger partial charge < -0.3 is 10.1 Å². The number of carbonyl (C=O) groups excluding carboxylic acids is 2. The fourth-order valence-electron chi connectivity index (χ4n) is 2.94. The van der Waals surface area contributed by atoms with E-state index in [0.29, 0.717) is 6.61 Å². The molecule has 0 spiro atoms. The van der Waals surface area contributed by atoms with Gasteiger partial charge in [0.25, 0.3) is 11.5 Å². The number of Topliss-reactive ketones (excluding diaryl/α,β-unsaturated/α-hetero) is 1. The topological polar surface area (TPSA) is 77.4 Å². The van der Waals surface area contributed by atoms with E-state index in [1.54, 1.807) is 0 Å². The minimum absolute atomic E-state index is 0.112. The molecule has 1 fully saturated rings. The molecule has 0 bridgehead atoms. The summed E-state index contributed by atoms with van der Waals surface area (Å²) in [6, 6.07) is 5.89. The van der Waals surface area contributed by atoms with E-state index in [2.05, 4.69) is 5.32 Å². The Hall–Kier alpha value is -2.51. The Labute approximate surface area is 159 Å². The van der Waals surface area contributed by atoms with Crippen LogP contribution in [-0.2, 0) is 9.53 Å². The quantitative estimate of drug-likeness (QED) is 0.604. The third kappa shape index (κ3) is 4.61. The van der Waals surface area contributed by atoms with Crippen molar-refractivity contribution >= 4 is 23.3 Å². The maximum Gasteiger partial charge on any atom is 0.251 e. The summed E-state index contributed by atoms with van der Waals surface area (Å²) in [4.78, 5) is 38.0. The number of rotatable bonds is 6.